The van der Waals surface area contributed by atoms with Crippen molar-refractivity contribution in [3.8, 4) is 5.75 Å². The summed E-state index contributed by atoms with van der Waals surface area (Å²) in [5, 5.41) is 0. The number of ether oxygens (including phenoxy) is 2. The van der Waals surface area contributed by atoms with Crippen molar-refractivity contribution in [1.82, 2.24) is 0 Å². The summed E-state index contributed by atoms with van der Waals surface area (Å²) in [6.07, 6.45) is 7.97. The predicted octanol–water partition coefficient (Wildman–Crippen LogP) is 7.74. The summed E-state index contributed by atoms with van der Waals surface area (Å²) in [5.41, 5.74) is 2.71. The van der Waals surface area contributed by atoms with Crippen LogP contribution in [0.5, 0.6) is 5.75 Å². The molecule has 1 rings (SSSR count). The molecular formula is C25H42O2. The highest BCUT2D eigenvalue weighted by atomic mass is 16.7. The van der Waals surface area contributed by atoms with Crippen LogP contribution >= 0.6 is 0 Å². The Hall–Kier alpha value is -1.28. The highest BCUT2D eigenvalue weighted by molar-refractivity contribution is 5.32. The molecule has 0 aliphatic heterocycles. The average molecular weight is 375 g/mol. The molecule has 1 aromatic carbocycles. The molecular weight excluding hydrogens is 332 g/mol. The minimum atomic E-state index is -0.159. The van der Waals surface area contributed by atoms with Crippen LogP contribution in [0.3, 0.4) is 0 Å². The van der Waals surface area contributed by atoms with Gasteiger partial charge in [0, 0.05) is 12.3 Å². The zero-order chi connectivity index (χ0) is 20.2. The Morgan fingerprint density at radius 2 is 1.63 bits per heavy atom. The van der Waals surface area contributed by atoms with Crippen molar-refractivity contribution in [1.29, 1.82) is 0 Å². The van der Waals surface area contributed by atoms with Gasteiger partial charge in [0.05, 0.1) is 6.61 Å². The van der Waals surface area contributed by atoms with Crippen molar-refractivity contribution < 1.29 is 9.47 Å². The van der Waals surface area contributed by atoms with Gasteiger partial charge in [0.2, 0.25) is 0 Å². The van der Waals surface area contributed by atoms with E-state index in [9.17, 15) is 0 Å². The van der Waals surface area contributed by atoms with Gasteiger partial charge in [-0.3, -0.25) is 0 Å². The summed E-state index contributed by atoms with van der Waals surface area (Å²) in [6, 6.07) is 8.56. The summed E-state index contributed by atoms with van der Waals surface area (Å²) >= 11 is 0. The molecule has 0 bridgehead atoms. The van der Waals surface area contributed by atoms with Gasteiger partial charge < -0.3 is 9.47 Å². The second-order valence-electron chi connectivity index (χ2n) is 8.26. The first kappa shape index (κ1) is 23.8. The summed E-state index contributed by atoms with van der Waals surface area (Å²) in [4.78, 5) is 0. The normalized spacial score (nSPS) is 14.7. The van der Waals surface area contributed by atoms with E-state index < -0.39 is 0 Å². The lowest BCUT2D eigenvalue weighted by atomic mass is 9.87. The molecule has 0 saturated carbocycles. The lowest BCUT2D eigenvalue weighted by Gasteiger charge is -2.21. The Morgan fingerprint density at radius 3 is 2.11 bits per heavy atom. The molecule has 0 aliphatic rings. The highest BCUT2D eigenvalue weighted by Crippen LogP contribution is 2.29. The van der Waals surface area contributed by atoms with Crippen LogP contribution in [0.2, 0.25) is 0 Å². The Labute approximate surface area is 168 Å². The smallest absolute Gasteiger partial charge is 0.199 e. The molecule has 0 aliphatic carbocycles. The van der Waals surface area contributed by atoms with E-state index in [1.165, 1.54) is 30.4 Å². The third-order valence-electron chi connectivity index (χ3n) is 5.20. The average Bonchev–Trinajstić information content (AvgIpc) is 2.64. The van der Waals surface area contributed by atoms with Crippen molar-refractivity contribution >= 4 is 0 Å². The van der Waals surface area contributed by atoms with Gasteiger partial charge in [-0.2, -0.15) is 0 Å². The molecule has 0 radical (unpaired) electrons. The maximum Gasteiger partial charge on any atom is 0.199 e. The summed E-state index contributed by atoms with van der Waals surface area (Å²) in [6.45, 7) is 16.3. The molecule has 2 nitrogen and oxygen atoms in total. The second-order valence-corrected chi connectivity index (χ2v) is 8.26. The van der Waals surface area contributed by atoms with Gasteiger partial charge in [-0.15, -0.1) is 0 Å². The monoisotopic (exact) mass is 374 g/mol. The molecule has 0 amide bonds. The molecule has 0 aromatic heterocycles. The maximum absolute atomic E-state index is 6.08. The van der Waals surface area contributed by atoms with Crippen molar-refractivity contribution in [3.05, 3.63) is 41.5 Å². The Bertz CT molecular complexity index is 526. The zero-order valence-corrected chi connectivity index (χ0v) is 18.8. The third kappa shape index (κ3) is 8.97. The van der Waals surface area contributed by atoms with Gasteiger partial charge in [-0.05, 0) is 49.8 Å². The van der Waals surface area contributed by atoms with E-state index in [1.807, 2.05) is 0 Å². The first-order valence-electron chi connectivity index (χ1n) is 10.9. The summed E-state index contributed by atoms with van der Waals surface area (Å²) < 4.78 is 12.1. The van der Waals surface area contributed by atoms with Gasteiger partial charge >= 0.3 is 0 Å². The molecule has 3 unspecified atom stereocenters. The van der Waals surface area contributed by atoms with Gasteiger partial charge in [0.25, 0.3) is 0 Å². The van der Waals surface area contributed by atoms with E-state index in [-0.39, 0.29) is 6.29 Å². The number of hydrogen-bond donors (Lipinski definition) is 0. The van der Waals surface area contributed by atoms with Crippen LogP contribution in [0.4, 0.5) is 0 Å². The molecule has 0 fully saturated rings. The lowest BCUT2D eigenvalue weighted by molar-refractivity contribution is -0.0852. The molecule has 0 N–H and O–H groups in total. The first-order chi connectivity index (χ1) is 12.9. The predicted molar refractivity (Wildman–Crippen MR) is 117 cm³/mol. The van der Waals surface area contributed by atoms with E-state index >= 15 is 0 Å². The van der Waals surface area contributed by atoms with Crippen LogP contribution in [0.1, 0.15) is 92.1 Å². The number of benzene rings is 1. The van der Waals surface area contributed by atoms with Gasteiger partial charge in [-0.1, -0.05) is 77.7 Å². The summed E-state index contributed by atoms with van der Waals surface area (Å²) in [5.74, 6) is 2.69. The summed E-state index contributed by atoms with van der Waals surface area (Å²) in [7, 11) is 0. The molecule has 2 heteroatoms. The molecule has 3 atom stereocenters. The van der Waals surface area contributed by atoms with Gasteiger partial charge in [0.1, 0.15) is 5.75 Å². The van der Waals surface area contributed by atoms with Gasteiger partial charge in [0.15, 0.2) is 6.29 Å². The van der Waals surface area contributed by atoms with Crippen molar-refractivity contribution in [2.45, 2.75) is 92.8 Å². The standard InChI is InChI=1S/C25H42O2/c1-8-11-21(9-2)16-17-26-25(10-3)27-23-14-12-22(13-15-23)24(20(6)7)18-19(4)5/h12-15,18,20-21,24-25H,8-11,16-17H2,1-7H3. The number of hydrogen-bond acceptors (Lipinski definition) is 2. The van der Waals surface area contributed by atoms with Crippen LogP contribution < -0.4 is 4.74 Å². The Morgan fingerprint density at radius 1 is 0.963 bits per heavy atom. The molecule has 27 heavy (non-hydrogen) atoms. The Balaban J connectivity index is 2.62. The molecule has 1 aromatic rings. The topological polar surface area (TPSA) is 18.5 Å². The van der Waals surface area contributed by atoms with E-state index in [2.05, 4.69) is 78.8 Å². The van der Waals surface area contributed by atoms with Crippen molar-refractivity contribution in [3.63, 3.8) is 0 Å². The van der Waals surface area contributed by atoms with Crippen molar-refractivity contribution in [2.75, 3.05) is 6.61 Å². The van der Waals surface area contributed by atoms with E-state index in [0.717, 1.165) is 31.1 Å². The largest absolute Gasteiger partial charge is 0.465 e. The third-order valence-corrected chi connectivity index (χ3v) is 5.20. The van der Waals surface area contributed by atoms with Crippen molar-refractivity contribution in [2.24, 2.45) is 11.8 Å². The fraction of sp³-hybridized carbons (Fsp3) is 0.680. The minimum absolute atomic E-state index is 0.159. The SMILES string of the molecule is CCCC(CC)CCOC(CC)Oc1ccc(C(C=C(C)C)C(C)C)cc1. The highest BCUT2D eigenvalue weighted by Gasteiger charge is 2.14. The molecule has 0 heterocycles. The maximum atomic E-state index is 6.08. The Kier molecular flexibility index (Phi) is 11.4. The van der Waals surface area contributed by atoms with Crippen LogP contribution in [0.15, 0.2) is 35.9 Å². The quantitative estimate of drug-likeness (QED) is 0.260. The number of allylic oxidation sites excluding steroid dienone is 2. The van der Waals surface area contributed by atoms with Crippen LogP contribution in [0.25, 0.3) is 0 Å². The van der Waals surface area contributed by atoms with E-state index in [4.69, 9.17) is 9.47 Å². The van der Waals surface area contributed by atoms with Crippen LogP contribution in [0, 0.1) is 11.8 Å². The van der Waals surface area contributed by atoms with E-state index in [0.29, 0.717) is 11.8 Å². The number of rotatable bonds is 13. The molecule has 154 valence electrons. The van der Waals surface area contributed by atoms with Gasteiger partial charge in [-0.25, -0.2) is 0 Å². The first-order valence-corrected chi connectivity index (χ1v) is 10.9. The second kappa shape index (κ2) is 13.0. The van der Waals surface area contributed by atoms with E-state index in [1.54, 1.807) is 0 Å². The zero-order valence-electron chi connectivity index (χ0n) is 18.8. The fourth-order valence-corrected chi connectivity index (χ4v) is 3.52. The van der Waals surface area contributed by atoms with Crippen LogP contribution in [-0.2, 0) is 4.74 Å². The van der Waals surface area contributed by atoms with Crippen LogP contribution in [-0.4, -0.2) is 12.9 Å². The fourth-order valence-electron chi connectivity index (χ4n) is 3.52. The minimum Gasteiger partial charge on any atom is -0.465 e. The molecule has 0 spiro atoms. The molecule has 0 saturated heterocycles. The lowest BCUT2D eigenvalue weighted by Crippen LogP contribution is -2.21.